The lowest BCUT2D eigenvalue weighted by atomic mass is 10.0. The van der Waals surface area contributed by atoms with Crippen LogP contribution in [0.1, 0.15) is 251 Å². The first-order chi connectivity index (χ1) is 33.5. The predicted octanol–water partition coefficient (Wildman–Crippen LogP) is 16.9. The maximum absolute atomic E-state index is 12.9. The highest BCUT2D eigenvalue weighted by Crippen LogP contribution is 2.38. The number of rotatable bonds is 52. The fraction of sp³-hybridized carbons (Fsp3) is 0.783. The van der Waals surface area contributed by atoms with Gasteiger partial charge in [0, 0.05) is 6.42 Å². The van der Waals surface area contributed by atoms with Crippen LogP contribution in [0, 0.1) is 0 Å². The normalized spacial score (nSPS) is 14.5. The number of quaternary nitrogens is 1. The monoisotopic (exact) mass is 987 g/mol. The minimum atomic E-state index is -4.60. The van der Waals surface area contributed by atoms with Crippen LogP contribution in [0.2, 0.25) is 0 Å². The Labute approximate surface area is 427 Å². The van der Waals surface area contributed by atoms with Crippen molar-refractivity contribution >= 4 is 13.7 Å². The molecule has 0 saturated carbocycles. The number of hydrogen-bond acceptors (Lipinski definition) is 6. The molecule has 69 heavy (non-hydrogen) atoms. The van der Waals surface area contributed by atoms with E-state index in [-0.39, 0.29) is 25.5 Å². The van der Waals surface area contributed by atoms with E-state index in [0.29, 0.717) is 23.9 Å². The molecule has 0 spiro atoms. The summed E-state index contributed by atoms with van der Waals surface area (Å²) >= 11 is 0. The van der Waals surface area contributed by atoms with Crippen molar-refractivity contribution in [2.75, 3.05) is 40.9 Å². The van der Waals surface area contributed by atoms with Crippen LogP contribution in [-0.2, 0) is 18.4 Å². The second-order valence-electron chi connectivity index (χ2n) is 20.6. The average Bonchev–Trinajstić information content (AvgIpc) is 3.31. The van der Waals surface area contributed by atoms with Gasteiger partial charge < -0.3 is 28.8 Å². The van der Waals surface area contributed by atoms with Gasteiger partial charge >= 0.3 is 0 Å². The van der Waals surface area contributed by atoms with Crippen LogP contribution >= 0.6 is 7.82 Å². The predicted molar refractivity (Wildman–Crippen MR) is 297 cm³/mol. The third kappa shape index (κ3) is 53.6. The fourth-order valence-electron chi connectivity index (χ4n) is 8.24. The molecule has 0 aromatic carbocycles. The number of phosphoric ester groups is 1. The number of carbonyl (C=O) groups excluding carboxylic acids is 1. The van der Waals surface area contributed by atoms with Gasteiger partial charge in [-0.2, -0.15) is 0 Å². The third-order valence-electron chi connectivity index (χ3n) is 12.7. The Hall–Kier alpha value is -2.06. The second kappa shape index (κ2) is 50.9. The number of unbranched alkanes of at least 4 members (excludes halogenated alkanes) is 27. The molecule has 0 heterocycles. The summed E-state index contributed by atoms with van der Waals surface area (Å²) in [5.41, 5.74) is 0. The Bertz CT molecular complexity index is 1350. The highest BCUT2D eigenvalue weighted by Gasteiger charge is 2.24. The summed E-state index contributed by atoms with van der Waals surface area (Å²) in [5, 5.41) is 14.0. The number of aliphatic hydroxyl groups is 1. The van der Waals surface area contributed by atoms with Crippen LogP contribution in [0.4, 0.5) is 0 Å². The van der Waals surface area contributed by atoms with Crippen molar-refractivity contribution in [3.63, 3.8) is 0 Å². The van der Waals surface area contributed by atoms with Crippen LogP contribution in [-0.4, -0.2) is 68.5 Å². The maximum Gasteiger partial charge on any atom is 0.268 e. The van der Waals surface area contributed by atoms with Crippen molar-refractivity contribution in [2.24, 2.45) is 0 Å². The van der Waals surface area contributed by atoms with Crippen LogP contribution in [0.25, 0.3) is 0 Å². The molecule has 0 rings (SSSR count). The Kier molecular flexibility index (Phi) is 49.3. The molecule has 3 atom stereocenters. The van der Waals surface area contributed by atoms with Gasteiger partial charge in [0.2, 0.25) is 5.91 Å². The molecule has 1 amide bonds. The largest absolute Gasteiger partial charge is 0.756 e. The third-order valence-corrected chi connectivity index (χ3v) is 13.7. The number of amides is 1. The van der Waals surface area contributed by atoms with Crippen LogP contribution in [0.15, 0.2) is 72.9 Å². The molecular formula is C60H111N2O6P. The average molecular weight is 988 g/mol. The molecule has 9 heteroatoms. The summed E-state index contributed by atoms with van der Waals surface area (Å²) in [4.78, 5) is 25.5. The molecule has 0 aromatic rings. The quantitative estimate of drug-likeness (QED) is 0.0272. The zero-order valence-electron chi connectivity index (χ0n) is 45.8. The smallest absolute Gasteiger partial charge is 0.268 e. The summed E-state index contributed by atoms with van der Waals surface area (Å²) in [7, 11) is 1.25. The van der Waals surface area contributed by atoms with Crippen LogP contribution in [0.3, 0.4) is 0 Å². The lowest BCUT2D eigenvalue weighted by Crippen LogP contribution is -2.46. The molecule has 0 aromatic heterocycles. The van der Waals surface area contributed by atoms with Crippen molar-refractivity contribution < 1.29 is 32.9 Å². The van der Waals surface area contributed by atoms with Crippen molar-refractivity contribution in [1.82, 2.24) is 5.32 Å². The molecule has 0 radical (unpaired) electrons. The molecule has 2 N–H and O–H groups in total. The second-order valence-corrected chi connectivity index (χ2v) is 22.0. The van der Waals surface area contributed by atoms with Gasteiger partial charge in [0.05, 0.1) is 39.9 Å². The summed E-state index contributed by atoms with van der Waals surface area (Å²) in [6.07, 6.45) is 69.6. The number of nitrogens with zero attached hydrogens (tertiary/aromatic N) is 1. The van der Waals surface area contributed by atoms with Gasteiger partial charge in [0.15, 0.2) is 0 Å². The maximum atomic E-state index is 12.9. The van der Waals surface area contributed by atoms with Crippen LogP contribution in [0.5, 0.6) is 0 Å². The van der Waals surface area contributed by atoms with Gasteiger partial charge in [-0.15, -0.1) is 0 Å². The summed E-state index contributed by atoms with van der Waals surface area (Å²) in [5.74, 6) is -0.246. The summed E-state index contributed by atoms with van der Waals surface area (Å²) in [6.45, 7) is 4.57. The van der Waals surface area contributed by atoms with Gasteiger partial charge in [-0.1, -0.05) is 267 Å². The Morgan fingerprint density at radius 3 is 1.20 bits per heavy atom. The lowest BCUT2D eigenvalue weighted by molar-refractivity contribution is -0.870. The molecule has 0 bridgehead atoms. The first-order valence-corrected chi connectivity index (χ1v) is 30.2. The van der Waals surface area contributed by atoms with Gasteiger partial charge in [0.1, 0.15) is 13.2 Å². The minimum absolute atomic E-state index is 0.00452. The zero-order valence-corrected chi connectivity index (χ0v) is 46.6. The van der Waals surface area contributed by atoms with E-state index in [1.54, 1.807) is 0 Å². The Morgan fingerprint density at radius 2 is 0.855 bits per heavy atom. The minimum Gasteiger partial charge on any atom is -0.756 e. The SMILES string of the molecule is CC/C=C\C/C=C\C/C=C\C/C=C\C/C=C\C/C=C\CCC(=O)NC(COP(=O)([O-])OCC[N+](C)(C)C)C(O)CCCCCCCCCCCCCCCCCCCCCCCCCCCCCC. The van der Waals surface area contributed by atoms with Crippen molar-refractivity contribution in [2.45, 2.75) is 264 Å². The van der Waals surface area contributed by atoms with E-state index < -0.39 is 20.0 Å². The number of aliphatic hydroxyl groups excluding tert-OH is 1. The van der Waals surface area contributed by atoms with Crippen molar-refractivity contribution in [3.05, 3.63) is 72.9 Å². The number of phosphoric acid groups is 1. The Morgan fingerprint density at radius 1 is 0.522 bits per heavy atom. The van der Waals surface area contributed by atoms with Gasteiger partial charge in [-0.05, 0) is 51.4 Å². The molecule has 3 unspecified atom stereocenters. The molecule has 0 fully saturated rings. The topological polar surface area (TPSA) is 108 Å². The highest BCUT2D eigenvalue weighted by molar-refractivity contribution is 7.45. The first kappa shape index (κ1) is 66.9. The number of carbonyl (C=O) groups is 1. The van der Waals surface area contributed by atoms with E-state index in [1.165, 1.54) is 161 Å². The van der Waals surface area contributed by atoms with E-state index in [0.717, 1.165) is 57.8 Å². The standard InChI is InChI=1S/C60H111N2O6P/c1-6-8-10-12-14-16-18-20-22-24-26-27-28-29-30-31-32-33-34-36-37-39-41-43-45-47-49-51-53-59(63)58(57-68-69(65,66)67-56-55-62(3,4)5)61-60(64)54-52-50-48-46-44-42-40-38-35-25-23-21-19-17-15-13-11-9-7-2/h9,11,15,17,21,23,35,38,42,44,48,50,58-59,63H,6-8,10,12-14,16,18-20,22,24-34,36-37,39-41,43,45-47,49,51-57H2,1-5H3,(H-,61,64,65,66)/b11-9-,17-15-,23-21-,38-35-,44-42-,50-48-. The van der Waals surface area contributed by atoms with Gasteiger partial charge in [-0.3, -0.25) is 9.36 Å². The number of allylic oxidation sites excluding steroid dienone is 12. The van der Waals surface area contributed by atoms with Crippen LogP contribution < -0.4 is 10.2 Å². The molecule has 0 aliphatic rings. The number of nitrogens with one attached hydrogen (secondary N) is 1. The fourth-order valence-corrected chi connectivity index (χ4v) is 8.96. The molecule has 0 aliphatic carbocycles. The summed E-state index contributed by atoms with van der Waals surface area (Å²) < 4.78 is 23.4. The number of hydrogen-bond donors (Lipinski definition) is 2. The molecule has 0 aliphatic heterocycles. The molecule has 402 valence electrons. The summed E-state index contributed by atoms with van der Waals surface area (Å²) in [6, 6.07) is -0.846. The molecule has 8 nitrogen and oxygen atoms in total. The van der Waals surface area contributed by atoms with E-state index in [4.69, 9.17) is 9.05 Å². The highest BCUT2D eigenvalue weighted by atomic mass is 31.2. The number of likely N-dealkylation sites (N-methyl/N-ethyl adjacent to an activating group) is 1. The lowest BCUT2D eigenvalue weighted by Gasteiger charge is -2.30. The first-order valence-electron chi connectivity index (χ1n) is 28.8. The van der Waals surface area contributed by atoms with Crippen molar-refractivity contribution in [3.8, 4) is 0 Å². The molecule has 0 saturated heterocycles. The van der Waals surface area contributed by atoms with Crippen molar-refractivity contribution in [1.29, 1.82) is 0 Å². The van der Waals surface area contributed by atoms with E-state index in [1.807, 2.05) is 33.3 Å². The molecular weight excluding hydrogens is 876 g/mol. The zero-order chi connectivity index (χ0) is 50.6. The van der Waals surface area contributed by atoms with Gasteiger partial charge in [0.25, 0.3) is 7.82 Å². The van der Waals surface area contributed by atoms with E-state index in [2.05, 4.69) is 79.9 Å². The van der Waals surface area contributed by atoms with E-state index in [9.17, 15) is 19.4 Å². The van der Waals surface area contributed by atoms with E-state index >= 15 is 0 Å². The van der Waals surface area contributed by atoms with Gasteiger partial charge in [-0.25, -0.2) is 0 Å². The Balaban J connectivity index is 4.22.